The van der Waals surface area contributed by atoms with Crippen LogP contribution in [0.3, 0.4) is 0 Å². The maximum absolute atomic E-state index is 11.0. The molecule has 112 valence electrons. The van der Waals surface area contributed by atoms with Crippen LogP contribution in [-0.2, 0) is 14.4 Å². The van der Waals surface area contributed by atoms with Gasteiger partial charge in [-0.3, -0.25) is 4.79 Å². The minimum absolute atomic E-state index is 0.103. The summed E-state index contributed by atoms with van der Waals surface area (Å²) in [7, 11) is 0. The second kappa shape index (κ2) is 13.1. The zero-order valence-electron chi connectivity index (χ0n) is 11.8. The van der Waals surface area contributed by atoms with Gasteiger partial charge in [0.2, 0.25) is 0 Å². The topological polar surface area (TPSA) is 78.7 Å². The van der Waals surface area contributed by atoms with Crippen LogP contribution in [0.2, 0.25) is 0 Å². The monoisotopic (exact) mass is 275 g/mol. The van der Waals surface area contributed by atoms with Gasteiger partial charge in [0.25, 0.3) is 5.09 Å². The van der Waals surface area contributed by atoms with E-state index in [1.54, 1.807) is 0 Å². The van der Waals surface area contributed by atoms with E-state index < -0.39 is 5.09 Å². The first kappa shape index (κ1) is 17.7. The number of unbranched alkanes of at least 4 members (excludes halogenated alkanes) is 7. The summed E-state index contributed by atoms with van der Waals surface area (Å²) in [5.41, 5.74) is 0. The molecule has 6 nitrogen and oxygen atoms in total. The van der Waals surface area contributed by atoms with Crippen LogP contribution in [0.25, 0.3) is 0 Å². The van der Waals surface area contributed by atoms with Gasteiger partial charge in [-0.1, -0.05) is 38.5 Å². The maximum atomic E-state index is 11.0. The Hall–Kier alpha value is -1.33. The summed E-state index contributed by atoms with van der Waals surface area (Å²) >= 11 is 0. The lowest BCUT2D eigenvalue weighted by atomic mass is 10.1. The first-order valence-electron chi connectivity index (χ1n) is 7.09. The minimum atomic E-state index is -0.746. The van der Waals surface area contributed by atoms with Crippen LogP contribution >= 0.6 is 0 Å². The SMILES string of the molecule is CCOC(=O)CCCCCCCCCCO[N+](=O)[O-]. The molecule has 0 aliphatic carbocycles. The first-order chi connectivity index (χ1) is 9.16. The maximum Gasteiger partial charge on any atom is 0.305 e. The van der Waals surface area contributed by atoms with E-state index in [9.17, 15) is 14.9 Å². The second-order valence-electron chi connectivity index (χ2n) is 4.44. The van der Waals surface area contributed by atoms with Crippen LogP contribution in [0.4, 0.5) is 0 Å². The van der Waals surface area contributed by atoms with E-state index in [4.69, 9.17) is 4.74 Å². The molecule has 0 aromatic carbocycles. The number of rotatable bonds is 13. The van der Waals surface area contributed by atoms with E-state index in [-0.39, 0.29) is 12.6 Å². The molecular formula is C13H25NO5. The van der Waals surface area contributed by atoms with Gasteiger partial charge in [-0.15, -0.1) is 10.1 Å². The molecule has 0 aliphatic rings. The van der Waals surface area contributed by atoms with E-state index in [0.717, 1.165) is 51.4 Å². The zero-order valence-corrected chi connectivity index (χ0v) is 11.8. The molecule has 6 heteroatoms. The van der Waals surface area contributed by atoms with Crippen LogP contribution in [0.15, 0.2) is 0 Å². The number of nitrogens with zero attached hydrogens (tertiary/aromatic N) is 1. The Morgan fingerprint density at radius 1 is 1.00 bits per heavy atom. The molecule has 0 bridgehead atoms. The highest BCUT2D eigenvalue weighted by Crippen LogP contribution is 2.10. The van der Waals surface area contributed by atoms with E-state index in [0.29, 0.717) is 13.0 Å². The highest BCUT2D eigenvalue weighted by molar-refractivity contribution is 5.69. The van der Waals surface area contributed by atoms with Gasteiger partial charge in [0.1, 0.15) is 0 Å². The van der Waals surface area contributed by atoms with Crippen LogP contribution < -0.4 is 0 Å². The fourth-order valence-electron chi connectivity index (χ4n) is 1.80. The van der Waals surface area contributed by atoms with Crippen LogP contribution in [-0.4, -0.2) is 24.3 Å². The Bertz CT molecular complexity index is 245. The average Bonchev–Trinajstić information content (AvgIpc) is 2.36. The van der Waals surface area contributed by atoms with Crippen molar-refractivity contribution in [2.45, 2.75) is 64.7 Å². The quantitative estimate of drug-likeness (QED) is 0.223. The highest BCUT2D eigenvalue weighted by Gasteiger charge is 2.00. The lowest BCUT2D eigenvalue weighted by molar-refractivity contribution is -0.757. The van der Waals surface area contributed by atoms with Gasteiger partial charge in [0.05, 0.1) is 13.2 Å². The molecule has 0 atom stereocenters. The molecule has 0 fully saturated rings. The third-order valence-corrected chi connectivity index (χ3v) is 2.78. The fourth-order valence-corrected chi connectivity index (χ4v) is 1.80. The minimum Gasteiger partial charge on any atom is -0.466 e. The summed E-state index contributed by atoms with van der Waals surface area (Å²) in [4.78, 5) is 25.1. The van der Waals surface area contributed by atoms with E-state index >= 15 is 0 Å². The number of ether oxygens (including phenoxy) is 1. The summed E-state index contributed by atoms with van der Waals surface area (Å²) in [6.07, 6.45) is 8.69. The fraction of sp³-hybridized carbons (Fsp3) is 0.923. The van der Waals surface area contributed by atoms with Gasteiger partial charge in [-0.05, 0) is 19.8 Å². The summed E-state index contributed by atoms with van der Waals surface area (Å²) in [6, 6.07) is 0. The summed E-state index contributed by atoms with van der Waals surface area (Å²) in [5.74, 6) is -0.103. The van der Waals surface area contributed by atoms with Crippen LogP contribution in [0.5, 0.6) is 0 Å². The van der Waals surface area contributed by atoms with Crippen molar-refractivity contribution in [2.75, 3.05) is 13.2 Å². The van der Waals surface area contributed by atoms with Crippen LogP contribution in [0, 0.1) is 10.1 Å². The molecule has 0 rings (SSSR count). The second-order valence-corrected chi connectivity index (χ2v) is 4.44. The third-order valence-electron chi connectivity index (χ3n) is 2.78. The predicted molar refractivity (Wildman–Crippen MR) is 71.1 cm³/mol. The molecule has 19 heavy (non-hydrogen) atoms. The third kappa shape index (κ3) is 14.6. The van der Waals surface area contributed by atoms with Crippen molar-refractivity contribution < 1.29 is 19.5 Å². The van der Waals surface area contributed by atoms with Crippen molar-refractivity contribution in [3.8, 4) is 0 Å². The molecule has 0 amide bonds. The first-order valence-corrected chi connectivity index (χ1v) is 7.09. The van der Waals surface area contributed by atoms with Crippen molar-refractivity contribution in [3.05, 3.63) is 10.1 Å². The summed E-state index contributed by atoms with van der Waals surface area (Å²) in [5, 5.41) is 9.13. The normalized spacial score (nSPS) is 10.2. The zero-order chi connectivity index (χ0) is 14.3. The van der Waals surface area contributed by atoms with E-state index in [1.165, 1.54) is 0 Å². The average molecular weight is 275 g/mol. The largest absolute Gasteiger partial charge is 0.466 e. The number of esters is 1. The van der Waals surface area contributed by atoms with Crippen molar-refractivity contribution in [1.29, 1.82) is 0 Å². The Morgan fingerprint density at radius 3 is 2.05 bits per heavy atom. The number of carbonyl (C=O) groups excluding carboxylic acids is 1. The molecule has 0 aromatic rings. The van der Waals surface area contributed by atoms with E-state index in [1.807, 2.05) is 6.92 Å². The molecular weight excluding hydrogens is 250 g/mol. The van der Waals surface area contributed by atoms with Gasteiger partial charge in [-0.2, -0.15) is 0 Å². The number of hydrogen-bond acceptors (Lipinski definition) is 5. The van der Waals surface area contributed by atoms with Crippen molar-refractivity contribution in [1.82, 2.24) is 0 Å². The van der Waals surface area contributed by atoms with Crippen LogP contribution in [0.1, 0.15) is 64.7 Å². The molecule has 0 N–H and O–H groups in total. The molecule has 0 radical (unpaired) electrons. The standard InChI is InChI=1S/C13H25NO5/c1-2-18-13(15)11-9-7-5-3-4-6-8-10-12-19-14(16)17/h2-12H2,1H3. The summed E-state index contributed by atoms with van der Waals surface area (Å²) < 4.78 is 4.84. The molecule has 0 aromatic heterocycles. The van der Waals surface area contributed by atoms with Gasteiger partial charge in [-0.25, -0.2) is 0 Å². The lowest BCUT2D eigenvalue weighted by Crippen LogP contribution is -2.03. The molecule has 0 unspecified atom stereocenters. The predicted octanol–water partition coefficient (Wildman–Crippen LogP) is 3.27. The van der Waals surface area contributed by atoms with Gasteiger partial charge in [0, 0.05) is 6.42 Å². The molecule has 0 spiro atoms. The number of hydrogen-bond donors (Lipinski definition) is 0. The smallest absolute Gasteiger partial charge is 0.305 e. The Balaban J connectivity index is 3.06. The Kier molecular flexibility index (Phi) is 12.2. The summed E-state index contributed by atoms with van der Waals surface area (Å²) in [6.45, 7) is 2.47. The van der Waals surface area contributed by atoms with E-state index in [2.05, 4.69) is 4.84 Å². The van der Waals surface area contributed by atoms with Gasteiger partial charge in [0.15, 0.2) is 0 Å². The molecule has 0 saturated heterocycles. The Labute approximate surface area is 114 Å². The van der Waals surface area contributed by atoms with Crippen molar-refractivity contribution >= 4 is 5.97 Å². The Morgan fingerprint density at radius 2 is 1.53 bits per heavy atom. The highest BCUT2D eigenvalue weighted by atomic mass is 16.9. The number of carbonyl (C=O) groups is 1. The van der Waals surface area contributed by atoms with Gasteiger partial charge < -0.3 is 9.57 Å². The molecule has 0 aliphatic heterocycles. The van der Waals surface area contributed by atoms with Crippen molar-refractivity contribution in [2.24, 2.45) is 0 Å². The van der Waals surface area contributed by atoms with Gasteiger partial charge >= 0.3 is 5.97 Å². The van der Waals surface area contributed by atoms with Crippen molar-refractivity contribution in [3.63, 3.8) is 0 Å². The lowest BCUT2D eigenvalue weighted by Gasteiger charge is -2.03. The molecule has 0 saturated carbocycles. The molecule has 0 heterocycles.